The van der Waals surface area contributed by atoms with E-state index in [1.807, 2.05) is 0 Å². The normalized spacial score (nSPS) is 20.0. The zero-order valence-corrected chi connectivity index (χ0v) is 11.9. The summed E-state index contributed by atoms with van der Waals surface area (Å²) >= 11 is 5.79. The van der Waals surface area contributed by atoms with Crippen molar-refractivity contribution in [2.75, 3.05) is 32.0 Å². The number of rotatable bonds is 3. The second kappa shape index (κ2) is 6.78. The summed E-state index contributed by atoms with van der Waals surface area (Å²) in [5.74, 6) is 0.551. The molecule has 4 nitrogen and oxygen atoms in total. The monoisotopic (exact) mass is 281 g/mol. The average Bonchev–Trinajstić information content (AvgIpc) is 2.39. The summed E-state index contributed by atoms with van der Waals surface area (Å²) in [5, 5.41) is 6.39. The number of nitrogens with zero attached hydrogens (tertiary/aromatic N) is 1. The van der Waals surface area contributed by atoms with E-state index in [4.69, 9.17) is 11.6 Å². The second-order valence-corrected chi connectivity index (χ2v) is 5.55. The lowest BCUT2D eigenvalue weighted by Gasteiger charge is -2.29. The third-order valence-corrected chi connectivity index (χ3v) is 3.63. The first-order valence-corrected chi connectivity index (χ1v) is 7.00. The molecule has 0 bridgehead atoms. The van der Waals surface area contributed by atoms with Gasteiger partial charge in [-0.2, -0.15) is 0 Å². The van der Waals surface area contributed by atoms with Gasteiger partial charge in [0.1, 0.15) is 0 Å². The molecule has 1 fully saturated rings. The van der Waals surface area contributed by atoms with Crippen LogP contribution in [0.1, 0.15) is 12.8 Å². The van der Waals surface area contributed by atoms with Gasteiger partial charge in [-0.05, 0) is 56.6 Å². The van der Waals surface area contributed by atoms with Crippen LogP contribution in [0, 0.1) is 5.92 Å². The number of carbonyl (C=O) groups excluding carboxylic acids is 1. The predicted octanol–water partition coefficient (Wildman–Crippen LogP) is 2.80. The number of benzene rings is 1. The quantitative estimate of drug-likeness (QED) is 0.895. The molecule has 104 valence electrons. The number of hydrogen-bond acceptors (Lipinski definition) is 2. The van der Waals surface area contributed by atoms with Crippen LogP contribution < -0.4 is 10.6 Å². The number of nitrogens with one attached hydrogen (secondary N) is 2. The zero-order valence-electron chi connectivity index (χ0n) is 11.2. The first kappa shape index (κ1) is 14.2. The fraction of sp³-hybridized carbons (Fsp3) is 0.500. The molecule has 1 aliphatic rings. The van der Waals surface area contributed by atoms with Gasteiger partial charge in [-0.15, -0.1) is 0 Å². The molecule has 1 atom stereocenters. The summed E-state index contributed by atoms with van der Waals surface area (Å²) in [4.78, 5) is 14.1. The fourth-order valence-electron chi connectivity index (χ4n) is 2.39. The van der Waals surface area contributed by atoms with Crippen molar-refractivity contribution in [2.24, 2.45) is 5.92 Å². The van der Waals surface area contributed by atoms with Gasteiger partial charge >= 0.3 is 6.03 Å². The molecule has 5 heteroatoms. The molecule has 0 radical (unpaired) electrons. The van der Waals surface area contributed by atoms with Gasteiger partial charge in [0.25, 0.3) is 0 Å². The second-order valence-electron chi connectivity index (χ2n) is 5.11. The molecule has 19 heavy (non-hydrogen) atoms. The topological polar surface area (TPSA) is 44.4 Å². The van der Waals surface area contributed by atoms with Crippen molar-refractivity contribution in [3.8, 4) is 0 Å². The Kier molecular flexibility index (Phi) is 5.05. The number of carbonyl (C=O) groups is 1. The molecule has 2 amide bonds. The first-order valence-electron chi connectivity index (χ1n) is 6.62. The SMILES string of the molecule is CN1CCCC(CNC(=O)Nc2ccc(Cl)cc2)C1. The predicted molar refractivity (Wildman–Crippen MR) is 78.7 cm³/mol. The van der Waals surface area contributed by atoms with Crippen molar-refractivity contribution >= 4 is 23.3 Å². The number of likely N-dealkylation sites (tertiary alicyclic amines) is 1. The lowest BCUT2D eigenvalue weighted by atomic mass is 9.99. The van der Waals surface area contributed by atoms with Crippen molar-refractivity contribution < 1.29 is 4.79 Å². The van der Waals surface area contributed by atoms with E-state index in [0.29, 0.717) is 10.9 Å². The fourth-order valence-corrected chi connectivity index (χ4v) is 2.51. The summed E-state index contributed by atoms with van der Waals surface area (Å²) in [5.41, 5.74) is 0.752. The Morgan fingerprint density at radius 1 is 1.42 bits per heavy atom. The molecule has 2 rings (SSSR count). The van der Waals surface area contributed by atoms with E-state index < -0.39 is 0 Å². The van der Waals surface area contributed by atoms with E-state index >= 15 is 0 Å². The van der Waals surface area contributed by atoms with Crippen LogP contribution in [-0.2, 0) is 0 Å². The summed E-state index contributed by atoms with van der Waals surface area (Å²) in [7, 11) is 2.12. The van der Waals surface area contributed by atoms with Gasteiger partial charge in [0.2, 0.25) is 0 Å². The number of hydrogen-bond donors (Lipinski definition) is 2. The maximum Gasteiger partial charge on any atom is 0.319 e. The number of urea groups is 1. The van der Waals surface area contributed by atoms with E-state index in [2.05, 4.69) is 22.6 Å². The highest BCUT2D eigenvalue weighted by atomic mass is 35.5. The van der Waals surface area contributed by atoms with Gasteiger partial charge in [-0.25, -0.2) is 4.79 Å². The summed E-state index contributed by atoms with van der Waals surface area (Å²) < 4.78 is 0. The highest BCUT2D eigenvalue weighted by molar-refractivity contribution is 6.30. The first-order chi connectivity index (χ1) is 9.13. The van der Waals surface area contributed by atoms with Gasteiger partial charge in [0, 0.05) is 23.8 Å². The van der Waals surface area contributed by atoms with Gasteiger partial charge in [-0.1, -0.05) is 11.6 Å². The number of anilines is 1. The molecule has 0 aliphatic carbocycles. The minimum atomic E-state index is -0.157. The van der Waals surface area contributed by atoms with Crippen LogP contribution in [-0.4, -0.2) is 37.6 Å². The Morgan fingerprint density at radius 3 is 2.84 bits per heavy atom. The maximum atomic E-state index is 11.8. The van der Waals surface area contributed by atoms with E-state index in [9.17, 15) is 4.79 Å². The number of piperidine rings is 1. The maximum absolute atomic E-state index is 11.8. The number of halogens is 1. The van der Waals surface area contributed by atoms with Crippen molar-refractivity contribution in [3.63, 3.8) is 0 Å². The van der Waals surface area contributed by atoms with Gasteiger partial charge in [0.05, 0.1) is 0 Å². The molecule has 2 N–H and O–H groups in total. The van der Waals surface area contributed by atoms with Crippen LogP contribution in [0.25, 0.3) is 0 Å². The Labute approximate surface area is 119 Å². The largest absolute Gasteiger partial charge is 0.338 e. The van der Waals surface area contributed by atoms with Crippen molar-refractivity contribution in [1.82, 2.24) is 10.2 Å². The van der Waals surface area contributed by atoms with Crippen LogP contribution in [0.4, 0.5) is 10.5 Å². The third-order valence-electron chi connectivity index (χ3n) is 3.38. The van der Waals surface area contributed by atoms with Crippen LogP contribution in [0.2, 0.25) is 5.02 Å². The van der Waals surface area contributed by atoms with Gasteiger partial charge < -0.3 is 15.5 Å². The lowest BCUT2D eigenvalue weighted by Crippen LogP contribution is -2.40. The van der Waals surface area contributed by atoms with Crippen molar-refractivity contribution in [3.05, 3.63) is 29.3 Å². The lowest BCUT2D eigenvalue weighted by molar-refractivity contribution is 0.204. The van der Waals surface area contributed by atoms with Gasteiger partial charge in [0.15, 0.2) is 0 Å². The Morgan fingerprint density at radius 2 is 2.16 bits per heavy atom. The van der Waals surface area contributed by atoms with Crippen molar-refractivity contribution in [1.29, 1.82) is 0 Å². The molecule has 1 aromatic rings. The molecule has 1 aliphatic heterocycles. The third kappa shape index (κ3) is 4.73. The van der Waals surface area contributed by atoms with Crippen LogP contribution in [0.3, 0.4) is 0 Å². The molecule has 0 spiro atoms. The standard InChI is InChI=1S/C14H20ClN3O/c1-18-8-2-3-11(10-18)9-16-14(19)17-13-6-4-12(15)5-7-13/h4-7,11H,2-3,8-10H2,1H3,(H2,16,17,19). The summed E-state index contributed by atoms with van der Waals surface area (Å²) in [6.07, 6.45) is 2.40. The Bertz CT molecular complexity index is 421. The number of amides is 2. The highest BCUT2D eigenvalue weighted by Gasteiger charge is 2.17. The summed E-state index contributed by atoms with van der Waals surface area (Å²) in [6, 6.07) is 6.93. The minimum Gasteiger partial charge on any atom is -0.338 e. The Balaban J connectivity index is 1.73. The van der Waals surface area contributed by atoms with Crippen LogP contribution in [0.15, 0.2) is 24.3 Å². The van der Waals surface area contributed by atoms with Crippen LogP contribution >= 0.6 is 11.6 Å². The van der Waals surface area contributed by atoms with Crippen molar-refractivity contribution in [2.45, 2.75) is 12.8 Å². The Hall–Kier alpha value is -1.26. The minimum absolute atomic E-state index is 0.157. The van der Waals surface area contributed by atoms with E-state index in [-0.39, 0.29) is 6.03 Å². The molecule has 0 saturated carbocycles. The molecular weight excluding hydrogens is 262 g/mol. The molecule has 1 saturated heterocycles. The van der Waals surface area contributed by atoms with Gasteiger partial charge in [-0.3, -0.25) is 0 Å². The van der Waals surface area contributed by atoms with E-state index in [1.165, 1.54) is 12.8 Å². The average molecular weight is 282 g/mol. The zero-order chi connectivity index (χ0) is 13.7. The smallest absolute Gasteiger partial charge is 0.319 e. The molecule has 1 heterocycles. The molecule has 1 aromatic carbocycles. The summed E-state index contributed by atoms with van der Waals surface area (Å²) in [6.45, 7) is 2.94. The van der Waals surface area contributed by atoms with Crippen LogP contribution in [0.5, 0.6) is 0 Å². The molecule has 1 unspecified atom stereocenters. The van der Waals surface area contributed by atoms with E-state index in [1.54, 1.807) is 24.3 Å². The molecule has 0 aromatic heterocycles. The van der Waals surface area contributed by atoms with E-state index in [0.717, 1.165) is 25.3 Å². The highest BCUT2D eigenvalue weighted by Crippen LogP contribution is 2.15. The molecular formula is C14H20ClN3O.